The zero-order valence-electron chi connectivity index (χ0n) is 17.2. The molecule has 1 aromatic rings. The number of fused-ring (bicyclic) bond motifs is 1. The van der Waals surface area contributed by atoms with Gasteiger partial charge in [0.25, 0.3) is 0 Å². The second kappa shape index (κ2) is 8.07. The van der Waals surface area contributed by atoms with Crippen LogP contribution in [-0.2, 0) is 23.9 Å². The number of hydrogen-bond acceptors (Lipinski definition) is 8. The van der Waals surface area contributed by atoms with Crippen molar-refractivity contribution in [3.05, 3.63) is 59.3 Å². The Morgan fingerprint density at radius 1 is 1.13 bits per heavy atom. The molecule has 2 heterocycles. The Hall–Kier alpha value is -3.93. The Labute approximate surface area is 178 Å². The lowest BCUT2D eigenvalue weighted by atomic mass is 9.68. The summed E-state index contributed by atoms with van der Waals surface area (Å²) >= 11 is 0. The number of rotatable bonds is 5. The topological polar surface area (TPSA) is 140 Å². The van der Waals surface area contributed by atoms with E-state index in [0.717, 1.165) is 7.11 Å². The summed E-state index contributed by atoms with van der Waals surface area (Å²) in [6.07, 6.45) is 4.50. The first-order valence-corrected chi connectivity index (χ1v) is 9.38. The predicted octanol–water partition coefficient (Wildman–Crippen LogP) is 0.821. The van der Waals surface area contributed by atoms with Gasteiger partial charge in [-0.1, -0.05) is 24.3 Å². The van der Waals surface area contributed by atoms with Crippen molar-refractivity contribution in [2.75, 3.05) is 14.2 Å². The van der Waals surface area contributed by atoms with Gasteiger partial charge in [0.05, 0.1) is 31.9 Å². The van der Waals surface area contributed by atoms with Crippen LogP contribution in [0, 0.1) is 16.7 Å². The molecular weight excluding hydrogens is 402 g/mol. The number of ketones is 1. The Bertz CT molecular complexity index is 1050. The van der Waals surface area contributed by atoms with Crippen LogP contribution in [0.3, 0.4) is 0 Å². The van der Waals surface area contributed by atoms with E-state index >= 15 is 0 Å². The van der Waals surface area contributed by atoms with Gasteiger partial charge >= 0.3 is 11.9 Å². The molecule has 0 radical (unpaired) electrons. The number of carbonyl (C=O) groups excluding carboxylic acids is 4. The standard InChI is InChI=1S/C22H21N3O6/c1-12(26)15-8-9-16-22(11-23,21(29)31-3)17(18(19(24)27)25(16)10-15)13-4-6-14(7-5-13)20(28)30-2/h4-10,16-18H,1-3H3,(H2,24,27)/t16-,17-,18+,22-/m0/s1. The van der Waals surface area contributed by atoms with Gasteiger partial charge in [0, 0.05) is 17.7 Å². The highest BCUT2D eigenvalue weighted by atomic mass is 16.5. The van der Waals surface area contributed by atoms with Gasteiger partial charge in [0.1, 0.15) is 6.04 Å². The van der Waals surface area contributed by atoms with Gasteiger partial charge in [0.15, 0.2) is 11.2 Å². The number of methoxy groups -OCH3 is 2. The summed E-state index contributed by atoms with van der Waals surface area (Å²) in [4.78, 5) is 50.7. The van der Waals surface area contributed by atoms with Crippen molar-refractivity contribution in [3.63, 3.8) is 0 Å². The quantitative estimate of drug-likeness (QED) is 0.687. The van der Waals surface area contributed by atoms with Crippen LogP contribution in [0.2, 0.25) is 0 Å². The van der Waals surface area contributed by atoms with E-state index in [4.69, 9.17) is 15.2 Å². The van der Waals surface area contributed by atoms with Gasteiger partial charge < -0.3 is 20.1 Å². The van der Waals surface area contributed by atoms with Crippen LogP contribution in [0.1, 0.15) is 28.8 Å². The predicted molar refractivity (Wildman–Crippen MR) is 107 cm³/mol. The molecule has 1 amide bonds. The van der Waals surface area contributed by atoms with E-state index in [0.29, 0.717) is 11.1 Å². The molecule has 3 rings (SSSR count). The van der Waals surface area contributed by atoms with Crippen LogP contribution in [0.25, 0.3) is 0 Å². The summed E-state index contributed by atoms with van der Waals surface area (Å²) in [5, 5.41) is 10.2. The fourth-order valence-corrected chi connectivity index (χ4v) is 4.33. The molecule has 4 atom stereocenters. The van der Waals surface area contributed by atoms with Crippen molar-refractivity contribution in [2.45, 2.75) is 24.9 Å². The number of nitriles is 1. The van der Waals surface area contributed by atoms with Gasteiger partial charge in [0.2, 0.25) is 5.91 Å². The second-order valence-corrected chi connectivity index (χ2v) is 7.30. The van der Waals surface area contributed by atoms with E-state index in [1.165, 1.54) is 49.4 Å². The maximum absolute atomic E-state index is 13.0. The Balaban J connectivity index is 2.24. The van der Waals surface area contributed by atoms with Crippen molar-refractivity contribution in [2.24, 2.45) is 11.1 Å². The molecule has 0 aromatic heterocycles. The van der Waals surface area contributed by atoms with E-state index in [1.807, 2.05) is 0 Å². The number of carbonyl (C=O) groups is 4. The van der Waals surface area contributed by atoms with Crippen LogP contribution in [-0.4, -0.2) is 54.8 Å². The smallest absolute Gasteiger partial charge is 0.337 e. The lowest BCUT2D eigenvalue weighted by Gasteiger charge is -2.32. The fraction of sp³-hybridized carbons (Fsp3) is 0.318. The molecule has 1 fully saturated rings. The van der Waals surface area contributed by atoms with Crippen molar-refractivity contribution in [1.82, 2.24) is 4.90 Å². The van der Waals surface area contributed by atoms with Crippen molar-refractivity contribution in [1.29, 1.82) is 5.26 Å². The molecule has 2 aliphatic rings. The highest BCUT2D eigenvalue weighted by Gasteiger charge is 2.66. The molecule has 9 heteroatoms. The van der Waals surface area contributed by atoms with Gasteiger partial charge in [-0.15, -0.1) is 0 Å². The zero-order chi connectivity index (χ0) is 22.9. The fourth-order valence-electron chi connectivity index (χ4n) is 4.33. The number of amides is 1. The monoisotopic (exact) mass is 423 g/mol. The van der Waals surface area contributed by atoms with E-state index in [1.54, 1.807) is 12.1 Å². The van der Waals surface area contributed by atoms with Crippen LogP contribution in [0.15, 0.2) is 48.2 Å². The van der Waals surface area contributed by atoms with E-state index in [2.05, 4.69) is 6.07 Å². The number of ether oxygens (including phenoxy) is 2. The maximum atomic E-state index is 13.0. The molecule has 2 aliphatic heterocycles. The minimum atomic E-state index is -1.82. The second-order valence-electron chi connectivity index (χ2n) is 7.30. The molecule has 0 bridgehead atoms. The van der Waals surface area contributed by atoms with Gasteiger partial charge in [-0.05, 0) is 24.6 Å². The Morgan fingerprint density at radius 2 is 1.77 bits per heavy atom. The lowest BCUT2D eigenvalue weighted by Crippen LogP contribution is -2.45. The molecule has 1 saturated heterocycles. The normalized spacial score (nSPS) is 26.3. The number of benzene rings is 1. The third kappa shape index (κ3) is 3.26. The minimum Gasteiger partial charge on any atom is -0.468 e. The van der Waals surface area contributed by atoms with Gasteiger partial charge in [-0.2, -0.15) is 5.26 Å². The zero-order valence-corrected chi connectivity index (χ0v) is 17.2. The molecule has 31 heavy (non-hydrogen) atoms. The molecule has 2 N–H and O–H groups in total. The summed E-state index contributed by atoms with van der Waals surface area (Å²) in [5.74, 6) is -3.43. The summed E-state index contributed by atoms with van der Waals surface area (Å²) in [5.41, 5.74) is 4.90. The van der Waals surface area contributed by atoms with Crippen LogP contribution in [0.4, 0.5) is 0 Å². The molecule has 160 valence electrons. The first-order valence-electron chi connectivity index (χ1n) is 9.38. The van der Waals surface area contributed by atoms with Crippen molar-refractivity contribution in [3.8, 4) is 6.07 Å². The molecular formula is C22H21N3O6. The number of hydrogen-bond donors (Lipinski definition) is 1. The minimum absolute atomic E-state index is 0.246. The first-order chi connectivity index (χ1) is 14.7. The molecule has 0 saturated carbocycles. The summed E-state index contributed by atoms with van der Waals surface area (Å²) in [6.45, 7) is 1.37. The average Bonchev–Trinajstić information content (AvgIpc) is 3.08. The largest absolute Gasteiger partial charge is 0.468 e. The number of allylic oxidation sites excluding steroid dienone is 2. The lowest BCUT2D eigenvalue weighted by molar-refractivity contribution is -0.150. The third-order valence-corrected chi connectivity index (χ3v) is 5.76. The first kappa shape index (κ1) is 21.8. The number of esters is 2. The summed E-state index contributed by atoms with van der Waals surface area (Å²) < 4.78 is 9.67. The summed E-state index contributed by atoms with van der Waals surface area (Å²) in [7, 11) is 2.40. The average molecular weight is 423 g/mol. The Morgan fingerprint density at radius 3 is 2.26 bits per heavy atom. The molecule has 0 aliphatic carbocycles. The van der Waals surface area contributed by atoms with Crippen LogP contribution >= 0.6 is 0 Å². The molecule has 1 aromatic carbocycles. The van der Waals surface area contributed by atoms with Crippen LogP contribution < -0.4 is 5.73 Å². The Kier molecular flexibility index (Phi) is 5.66. The maximum Gasteiger partial charge on any atom is 0.337 e. The molecule has 9 nitrogen and oxygen atoms in total. The third-order valence-electron chi connectivity index (χ3n) is 5.76. The molecule has 0 spiro atoms. The van der Waals surface area contributed by atoms with E-state index < -0.39 is 41.3 Å². The van der Waals surface area contributed by atoms with E-state index in [9.17, 15) is 24.4 Å². The number of Topliss-reactive ketones (excluding diaryl/α,β-unsaturated/α-hetero) is 1. The SMILES string of the molecule is COC(=O)c1ccc([C@H]2[C@H](C(N)=O)N3C=C(C(C)=O)C=C[C@H]3[C@]2(C#N)C(=O)OC)cc1. The number of nitrogens with two attached hydrogens (primary N) is 1. The molecule has 0 unspecified atom stereocenters. The number of primary amides is 1. The van der Waals surface area contributed by atoms with Crippen LogP contribution in [0.5, 0.6) is 0 Å². The van der Waals surface area contributed by atoms with Gasteiger partial charge in [-0.3, -0.25) is 14.4 Å². The van der Waals surface area contributed by atoms with Crippen molar-refractivity contribution < 1.29 is 28.7 Å². The number of nitrogens with zero attached hydrogens (tertiary/aromatic N) is 2. The highest BCUT2D eigenvalue weighted by molar-refractivity contribution is 5.97. The van der Waals surface area contributed by atoms with E-state index in [-0.39, 0.29) is 11.3 Å². The highest BCUT2D eigenvalue weighted by Crippen LogP contribution is 2.53. The van der Waals surface area contributed by atoms with Crippen molar-refractivity contribution >= 4 is 23.6 Å². The van der Waals surface area contributed by atoms with Gasteiger partial charge in [-0.25, -0.2) is 4.79 Å². The summed E-state index contributed by atoms with van der Waals surface area (Å²) in [6, 6.07) is 6.09.